The molecule has 2 N–H and O–H groups in total. The Morgan fingerprint density at radius 1 is 1.14 bits per heavy atom. The molecule has 1 aliphatic rings. The van der Waals surface area contributed by atoms with Crippen LogP contribution in [0.1, 0.15) is 21.5 Å². The van der Waals surface area contributed by atoms with Crippen molar-refractivity contribution in [1.82, 2.24) is 15.2 Å². The summed E-state index contributed by atoms with van der Waals surface area (Å²) in [5, 5.41) is 3.69. The summed E-state index contributed by atoms with van der Waals surface area (Å²) in [5.41, 5.74) is 2.46. The lowest BCUT2D eigenvalue weighted by atomic mass is 10.1. The van der Waals surface area contributed by atoms with Crippen molar-refractivity contribution in [3.8, 4) is 0 Å². The number of carbonyl (C=O) groups is 1. The zero-order valence-electron chi connectivity index (χ0n) is 15.9. The van der Waals surface area contributed by atoms with Crippen LogP contribution in [0.3, 0.4) is 0 Å². The van der Waals surface area contributed by atoms with E-state index in [0.717, 1.165) is 38.4 Å². The lowest BCUT2D eigenvalue weighted by Gasteiger charge is -2.26. The SMILES string of the molecule is O=C(NCc1cccc(CN2CCOCC2)c1)c1c[nH]c2c(Cl)cccc2c1=O. The first-order chi connectivity index (χ1) is 14.1. The number of H-pyrrole nitrogens is 1. The van der Waals surface area contributed by atoms with Gasteiger partial charge in [0.2, 0.25) is 5.43 Å². The summed E-state index contributed by atoms with van der Waals surface area (Å²) in [7, 11) is 0. The van der Waals surface area contributed by atoms with Gasteiger partial charge < -0.3 is 15.0 Å². The highest BCUT2D eigenvalue weighted by molar-refractivity contribution is 6.35. The Bertz CT molecular complexity index is 1090. The number of fused-ring (bicyclic) bond motifs is 1. The molecule has 150 valence electrons. The molecule has 0 saturated carbocycles. The molecule has 2 aromatic carbocycles. The van der Waals surface area contributed by atoms with Crippen LogP contribution >= 0.6 is 11.6 Å². The number of pyridine rings is 1. The fourth-order valence-electron chi connectivity index (χ4n) is 3.52. The van der Waals surface area contributed by atoms with Crippen LogP contribution in [0.5, 0.6) is 0 Å². The second kappa shape index (κ2) is 8.78. The van der Waals surface area contributed by atoms with E-state index in [1.54, 1.807) is 18.2 Å². The molecule has 3 aromatic rings. The maximum Gasteiger partial charge on any atom is 0.257 e. The van der Waals surface area contributed by atoms with Crippen LogP contribution in [0.2, 0.25) is 5.02 Å². The number of aromatic amines is 1. The Morgan fingerprint density at radius 2 is 1.90 bits per heavy atom. The van der Waals surface area contributed by atoms with Gasteiger partial charge in [0.1, 0.15) is 5.56 Å². The van der Waals surface area contributed by atoms with Crippen molar-refractivity contribution < 1.29 is 9.53 Å². The predicted molar refractivity (Wildman–Crippen MR) is 113 cm³/mol. The van der Waals surface area contributed by atoms with Crippen molar-refractivity contribution in [2.75, 3.05) is 26.3 Å². The number of para-hydroxylation sites is 1. The number of morpholine rings is 1. The smallest absolute Gasteiger partial charge is 0.257 e. The molecule has 2 heterocycles. The van der Waals surface area contributed by atoms with Gasteiger partial charge in [-0.1, -0.05) is 41.9 Å². The third-order valence-corrected chi connectivity index (χ3v) is 5.38. The number of benzene rings is 2. The fourth-order valence-corrected chi connectivity index (χ4v) is 3.75. The Hall–Kier alpha value is -2.67. The highest BCUT2D eigenvalue weighted by Gasteiger charge is 2.14. The Labute approximate surface area is 173 Å². The molecule has 0 atom stereocenters. The quantitative estimate of drug-likeness (QED) is 0.677. The lowest BCUT2D eigenvalue weighted by molar-refractivity contribution is 0.0342. The maximum absolute atomic E-state index is 12.7. The van der Waals surface area contributed by atoms with Gasteiger partial charge >= 0.3 is 0 Å². The molecule has 0 aliphatic carbocycles. The van der Waals surface area contributed by atoms with Gasteiger partial charge in [-0.25, -0.2) is 0 Å². The molecule has 29 heavy (non-hydrogen) atoms. The number of amides is 1. The van der Waals surface area contributed by atoms with Crippen LogP contribution in [0.15, 0.2) is 53.5 Å². The molecule has 6 nitrogen and oxygen atoms in total. The standard InChI is InChI=1S/C22H22ClN3O3/c23-19-6-2-5-17-20(19)24-13-18(21(17)27)22(28)25-12-15-3-1-4-16(11-15)14-26-7-9-29-10-8-26/h1-6,11,13H,7-10,12,14H2,(H,24,27)(H,25,28). The highest BCUT2D eigenvalue weighted by atomic mass is 35.5. The number of aromatic nitrogens is 1. The summed E-state index contributed by atoms with van der Waals surface area (Å²) in [5.74, 6) is -0.410. The van der Waals surface area contributed by atoms with E-state index in [1.807, 2.05) is 12.1 Å². The maximum atomic E-state index is 12.7. The molecule has 0 radical (unpaired) electrons. The van der Waals surface area contributed by atoms with Crippen molar-refractivity contribution in [1.29, 1.82) is 0 Å². The summed E-state index contributed by atoms with van der Waals surface area (Å²) in [6, 6.07) is 13.2. The third-order valence-electron chi connectivity index (χ3n) is 5.06. The minimum absolute atomic E-state index is 0.0734. The first kappa shape index (κ1) is 19.6. The molecule has 7 heteroatoms. The number of ether oxygens (including phenoxy) is 1. The van der Waals surface area contributed by atoms with E-state index in [4.69, 9.17) is 16.3 Å². The van der Waals surface area contributed by atoms with Gasteiger partial charge in [0.05, 0.1) is 23.8 Å². The largest absolute Gasteiger partial charge is 0.379 e. The number of carbonyl (C=O) groups excluding carboxylic acids is 1. The molecule has 1 saturated heterocycles. The van der Waals surface area contributed by atoms with Crippen LogP contribution in [0.25, 0.3) is 10.9 Å². The molecule has 1 fully saturated rings. The normalized spacial score (nSPS) is 14.8. The summed E-state index contributed by atoms with van der Waals surface area (Å²) in [4.78, 5) is 30.5. The van der Waals surface area contributed by atoms with Crippen molar-refractivity contribution in [3.63, 3.8) is 0 Å². The van der Waals surface area contributed by atoms with Gasteiger partial charge in [-0.15, -0.1) is 0 Å². The summed E-state index contributed by atoms with van der Waals surface area (Å²) in [6.07, 6.45) is 1.42. The average Bonchev–Trinajstić information content (AvgIpc) is 2.74. The highest BCUT2D eigenvalue weighted by Crippen LogP contribution is 2.18. The van der Waals surface area contributed by atoms with Gasteiger partial charge in [0.25, 0.3) is 5.91 Å². The van der Waals surface area contributed by atoms with E-state index >= 15 is 0 Å². The number of hydrogen-bond donors (Lipinski definition) is 2. The van der Waals surface area contributed by atoms with Crippen molar-refractivity contribution in [3.05, 3.63) is 80.6 Å². The molecule has 1 aromatic heterocycles. The van der Waals surface area contributed by atoms with E-state index in [9.17, 15) is 9.59 Å². The molecule has 0 spiro atoms. The predicted octanol–water partition coefficient (Wildman–Crippen LogP) is 2.94. The first-order valence-electron chi connectivity index (χ1n) is 9.58. The Kier molecular flexibility index (Phi) is 5.94. The zero-order valence-corrected chi connectivity index (χ0v) is 16.7. The number of nitrogens with zero attached hydrogens (tertiary/aromatic N) is 1. The number of rotatable bonds is 5. The zero-order chi connectivity index (χ0) is 20.2. The minimum atomic E-state index is -0.410. The molecular weight excluding hydrogens is 390 g/mol. The van der Waals surface area contributed by atoms with Crippen LogP contribution in [-0.4, -0.2) is 42.1 Å². The first-order valence-corrected chi connectivity index (χ1v) is 9.95. The summed E-state index contributed by atoms with van der Waals surface area (Å²) in [6.45, 7) is 4.59. The number of halogens is 1. The van der Waals surface area contributed by atoms with Crippen LogP contribution in [0.4, 0.5) is 0 Å². The second-order valence-corrected chi connectivity index (χ2v) is 7.49. The summed E-state index contributed by atoms with van der Waals surface area (Å²) < 4.78 is 5.39. The van der Waals surface area contributed by atoms with E-state index in [0.29, 0.717) is 22.5 Å². The molecule has 0 bridgehead atoms. The van der Waals surface area contributed by atoms with E-state index in [-0.39, 0.29) is 11.0 Å². The number of hydrogen-bond acceptors (Lipinski definition) is 4. The third kappa shape index (κ3) is 4.50. The molecule has 1 amide bonds. The lowest BCUT2D eigenvalue weighted by Crippen LogP contribution is -2.35. The van der Waals surface area contributed by atoms with Gasteiger partial charge in [-0.05, 0) is 23.3 Å². The van der Waals surface area contributed by atoms with Gasteiger partial charge in [-0.3, -0.25) is 14.5 Å². The molecule has 0 unspecified atom stereocenters. The average molecular weight is 412 g/mol. The number of nitrogens with one attached hydrogen (secondary N) is 2. The van der Waals surface area contributed by atoms with E-state index in [2.05, 4.69) is 27.3 Å². The summed E-state index contributed by atoms with van der Waals surface area (Å²) >= 11 is 6.11. The van der Waals surface area contributed by atoms with E-state index < -0.39 is 5.91 Å². The molecule has 4 rings (SSSR count). The topological polar surface area (TPSA) is 74.4 Å². The van der Waals surface area contributed by atoms with Crippen LogP contribution in [0, 0.1) is 0 Å². The minimum Gasteiger partial charge on any atom is -0.379 e. The van der Waals surface area contributed by atoms with Gasteiger partial charge in [0.15, 0.2) is 0 Å². The van der Waals surface area contributed by atoms with Crippen molar-refractivity contribution in [2.45, 2.75) is 13.1 Å². The van der Waals surface area contributed by atoms with Crippen molar-refractivity contribution >= 4 is 28.4 Å². The van der Waals surface area contributed by atoms with Crippen LogP contribution < -0.4 is 10.7 Å². The Balaban J connectivity index is 1.44. The molecule has 1 aliphatic heterocycles. The van der Waals surface area contributed by atoms with E-state index in [1.165, 1.54) is 11.8 Å². The van der Waals surface area contributed by atoms with Gasteiger partial charge in [-0.2, -0.15) is 0 Å². The molecular formula is C22H22ClN3O3. The monoisotopic (exact) mass is 411 g/mol. The Morgan fingerprint density at radius 3 is 2.72 bits per heavy atom. The van der Waals surface area contributed by atoms with Crippen LogP contribution in [-0.2, 0) is 17.8 Å². The fraction of sp³-hybridized carbons (Fsp3) is 0.273. The second-order valence-electron chi connectivity index (χ2n) is 7.09. The van der Waals surface area contributed by atoms with Crippen molar-refractivity contribution in [2.24, 2.45) is 0 Å². The van der Waals surface area contributed by atoms with Gasteiger partial charge in [0, 0.05) is 37.8 Å².